The Morgan fingerprint density at radius 1 is 0.925 bits per heavy atom. The first-order valence-corrected chi connectivity index (χ1v) is 13.8. The molecule has 6 nitrogen and oxygen atoms in total. The maximum absolute atomic E-state index is 13.8. The maximum Gasteiger partial charge on any atom is 0.336 e. The molecule has 3 aromatic rings. The van der Waals surface area contributed by atoms with E-state index in [1.165, 1.54) is 0 Å². The molecular formula is C34H35NO5. The third-order valence-corrected chi connectivity index (χ3v) is 7.51. The third kappa shape index (κ3) is 5.67. The van der Waals surface area contributed by atoms with Gasteiger partial charge in [-0.3, -0.25) is 4.79 Å². The van der Waals surface area contributed by atoms with Gasteiger partial charge in [-0.05, 0) is 54.5 Å². The van der Waals surface area contributed by atoms with Gasteiger partial charge in [0, 0.05) is 29.3 Å². The van der Waals surface area contributed by atoms with Crippen molar-refractivity contribution in [3.8, 4) is 11.5 Å². The molecule has 0 saturated carbocycles. The van der Waals surface area contributed by atoms with Gasteiger partial charge >= 0.3 is 5.97 Å². The van der Waals surface area contributed by atoms with Gasteiger partial charge in [0.2, 0.25) is 0 Å². The fourth-order valence-corrected chi connectivity index (χ4v) is 5.59. The van der Waals surface area contributed by atoms with Crippen molar-refractivity contribution in [2.24, 2.45) is 0 Å². The van der Waals surface area contributed by atoms with Crippen LogP contribution in [0, 0.1) is 0 Å². The lowest BCUT2D eigenvalue weighted by Crippen LogP contribution is -2.36. The highest BCUT2D eigenvalue weighted by molar-refractivity contribution is 6.04. The summed E-state index contributed by atoms with van der Waals surface area (Å²) >= 11 is 0. The standard InChI is InChI=1S/C34H35NO5/c1-4-17-39-34(37)31-22(2)35-27-18-26(24-13-9-6-10-14-24)19-28(36)33(27)32(31)25-15-16-29(30(20-25)38-3)40-21-23-11-7-5-8-12-23/h5-16,20,26,32,35H,4,17-19,21H2,1-3H3/t26-,32-/m1/s1. The molecule has 2 atom stereocenters. The zero-order valence-corrected chi connectivity index (χ0v) is 23.2. The molecule has 0 bridgehead atoms. The number of carbonyl (C=O) groups excluding carboxylic acids is 2. The number of dihydropyridines is 1. The number of carbonyl (C=O) groups is 2. The van der Waals surface area contributed by atoms with Crippen LogP contribution in [0.5, 0.6) is 11.5 Å². The van der Waals surface area contributed by atoms with Crippen molar-refractivity contribution >= 4 is 11.8 Å². The highest BCUT2D eigenvalue weighted by atomic mass is 16.5. The Morgan fingerprint density at radius 3 is 2.35 bits per heavy atom. The average molecular weight is 538 g/mol. The van der Waals surface area contributed by atoms with E-state index >= 15 is 0 Å². The Kier molecular flexibility index (Phi) is 8.34. The molecule has 0 fully saturated rings. The number of ether oxygens (including phenoxy) is 3. The number of benzene rings is 3. The second-order valence-electron chi connectivity index (χ2n) is 10.2. The second-order valence-corrected chi connectivity index (χ2v) is 10.2. The van der Waals surface area contributed by atoms with Gasteiger partial charge in [-0.1, -0.05) is 73.7 Å². The smallest absolute Gasteiger partial charge is 0.336 e. The molecule has 1 heterocycles. The van der Waals surface area contributed by atoms with Crippen LogP contribution in [-0.4, -0.2) is 25.5 Å². The van der Waals surface area contributed by atoms with Gasteiger partial charge in [-0.25, -0.2) is 4.79 Å². The van der Waals surface area contributed by atoms with Crippen molar-refractivity contribution in [2.45, 2.75) is 51.6 Å². The van der Waals surface area contributed by atoms with Crippen molar-refractivity contribution in [1.29, 1.82) is 0 Å². The van der Waals surface area contributed by atoms with E-state index in [1.807, 2.05) is 80.6 Å². The van der Waals surface area contributed by atoms with E-state index in [9.17, 15) is 9.59 Å². The van der Waals surface area contributed by atoms with Crippen LogP contribution in [0.3, 0.4) is 0 Å². The van der Waals surface area contributed by atoms with Gasteiger partial charge in [0.1, 0.15) is 6.61 Å². The molecule has 2 aliphatic rings. The normalized spacial score (nSPS) is 18.6. The number of allylic oxidation sites excluding steroid dienone is 3. The van der Waals surface area contributed by atoms with E-state index in [-0.39, 0.29) is 11.7 Å². The summed E-state index contributed by atoms with van der Waals surface area (Å²) in [5.74, 6) is 0.257. The zero-order chi connectivity index (χ0) is 28.1. The zero-order valence-electron chi connectivity index (χ0n) is 23.2. The summed E-state index contributed by atoms with van der Waals surface area (Å²) < 4.78 is 17.4. The van der Waals surface area contributed by atoms with Gasteiger partial charge < -0.3 is 19.5 Å². The van der Waals surface area contributed by atoms with Crippen molar-refractivity contribution in [1.82, 2.24) is 5.32 Å². The molecule has 0 unspecified atom stereocenters. The highest BCUT2D eigenvalue weighted by Crippen LogP contribution is 2.47. The van der Waals surface area contributed by atoms with E-state index in [0.29, 0.717) is 60.8 Å². The fourth-order valence-electron chi connectivity index (χ4n) is 5.59. The molecule has 40 heavy (non-hydrogen) atoms. The summed E-state index contributed by atoms with van der Waals surface area (Å²) in [6.45, 7) is 4.55. The van der Waals surface area contributed by atoms with Crippen LogP contribution in [0.2, 0.25) is 0 Å². The van der Waals surface area contributed by atoms with Crippen LogP contribution < -0.4 is 14.8 Å². The minimum atomic E-state index is -0.568. The molecule has 6 heteroatoms. The third-order valence-electron chi connectivity index (χ3n) is 7.51. The van der Waals surface area contributed by atoms with Gasteiger partial charge in [-0.2, -0.15) is 0 Å². The molecule has 206 valence electrons. The van der Waals surface area contributed by atoms with Crippen LogP contribution in [0.25, 0.3) is 0 Å². The van der Waals surface area contributed by atoms with Crippen LogP contribution in [0.4, 0.5) is 0 Å². The lowest BCUT2D eigenvalue weighted by Gasteiger charge is -2.36. The number of hydrogen-bond donors (Lipinski definition) is 1. The molecule has 0 saturated heterocycles. The first-order chi connectivity index (χ1) is 19.5. The summed E-state index contributed by atoms with van der Waals surface area (Å²) in [6, 6.07) is 25.7. The molecule has 3 aromatic carbocycles. The van der Waals surface area contributed by atoms with Crippen LogP contribution in [-0.2, 0) is 20.9 Å². The average Bonchev–Trinajstić information content (AvgIpc) is 2.98. The Morgan fingerprint density at radius 2 is 1.65 bits per heavy atom. The minimum Gasteiger partial charge on any atom is -0.493 e. The molecule has 0 spiro atoms. The van der Waals surface area contributed by atoms with E-state index in [2.05, 4.69) is 17.4 Å². The first kappa shape index (κ1) is 27.3. The number of nitrogens with one attached hydrogen (secondary N) is 1. The van der Waals surface area contributed by atoms with Crippen LogP contribution in [0.15, 0.2) is 101 Å². The minimum absolute atomic E-state index is 0.0317. The van der Waals surface area contributed by atoms with E-state index in [4.69, 9.17) is 14.2 Å². The van der Waals surface area contributed by atoms with Gasteiger partial charge in [0.25, 0.3) is 0 Å². The van der Waals surface area contributed by atoms with E-state index in [1.54, 1.807) is 7.11 Å². The maximum atomic E-state index is 13.8. The lowest BCUT2D eigenvalue weighted by molar-refractivity contribution is -0.139. The summed E-state index contributed by atoms with van der Waals surface area (Å²) in [4.78, 5) is 27.2. The second kappa shape index (κ2) is 12.2. The predicted molar refractivity (Wildman–Crippen MR) is 154 cm³/mol. The van der Waals surface area contributed by atoms with E-state index < -0.39 is 11.9 Å². The SMILES string of the molecule is CCCOC(=O)C1=C(C)NC2=C(C(=O)C[C@H](c3ccccc3)C2)[C@@H]1c1ccc(OCc2ccccc2)c(OC)c1. The van der Waals surface area contributed by atoms with Crippen molar-refractivity contribution in [2.75, 3.05) is 13.7 Å². The molecular weight excluding hydrogens is 502 g/mol. The summed E-state index contributed by atoms with van der Waals surface area (Å²) in [7, 11) is 1.59. The van der Waals surface area contributed by atoms with Gasteiger partial charge in [-0.15, -0.1) is 0 Å². The topological polar surface area (TPSA) is 73.9 Å². The van der Waals surface area contributed by atoms with Crippen LogP contribution >= 0.6 is 0 Å². The molecule has 1 N–H and O–H groups in total. The number of hydrogen-bond acceptors (Lipinski definition) is 6. The first-order valence-electron chi connectivity index (χ1n) is 13.8. The molecule has 5 rings (SSSR count). The summed E-state index contributed by atoms with van der Waals surface area (Å²) in [5, 5.41) is 3.42. The van der Waals surface area contributed by atoms with Crippen LogP contribution in [0.1, 0.15) is 61.6 Å². The highest BCUT2D eigenvalue weighted by Gasteiger charge is 2.41. The molecule has 0 aromatic heterocycles. The molecule has 0 amide bonds. The Labute approximate surface area is 235 Å². The largest absolute Gasteiger partial charge is 0.493 e. The van der Waals surface area contributed by atoms with Crippen molar-refractivity contribution in [3.05, 3.63) is 118 Å². The fraction of sp³-hybridized carbons (Fsp3) is 0.294. The Hall–Kier alpha value is -4.32. The number of methoxy groups -OCH3 is 1. The molecule has 1 aliphatic heterocycles. The molecule has 1 aliphatic carbocycles. The lowest BCUT2D eigenvalue weighted by atomic mass is 9.71. The molecule has 0 radical (unpaired) electrons. The quantitative estimate of drug-likeness (QED) is 0.311. The van der Waals surface area contributed by atoms with Gasteiger partial charge in [0.05, 0.1) is 19.3 Å². The number of rotatable bonds is 9. The predicted octanol–water partition coefficient (Wildman–Crippen LogP) is 6.59. The Balaban J connectivity index is 1.53. The number of ketones is 1. The number of esters is 1. The van der Waals surface area contributed by atoms with Crippen molar-refractivity contribution in [3.63, 3.8) is 0 Å². The van der Waals surface area contributed by atoms with Crippen molar-refractivity contribution < 1.29 is 23.8 Å². The summed E-state index contributed by atoms with van der Waals surface area (Å²) in [6.07, 6.45) is 1.78. The Bertz CT molecular complexity index is 1440. The monoisotopic (exact) mass is 537 g/mol. The number of Topliss-reactive ketones (excluding diaryl/α,β-unsaturated/α-hetero) is 1. The van der Waals surface area contributed by atoms with E-state index in [0.717, 1.165) is 22.4 Å². The summed E-state index contributed by atoms with van der Waals surface area (Å²) in [5.41, 5.74) is 5.61. The van der Waals surface area contributed by atoms with Gasteiger partial charge in [0.15, 0.2) is 17.3 Å².